The van der Waals surface area contributed by atoms with Crippen LogP contribution in [-0.4, -0.2) is 24.1 Å². The first-order valence-electron chi connectivity index (χ1n) is 8.65. The van der Waals surface area contributed by atoms with E-state index in [1.165, 1.54) is 0 Å². The molecule has 130 valence electrons. The van der Waals surface area contributed by atoms with E-state index in [-0.39, 0.29) is 0 Å². The fraction of sp³-hybridized carbons (Fsp3) is 0.238. The number of rotatable bonds is 3. The van der Waals surface area contributed by atoms with Crippen LogP contribution in [0, 0.1) is 11.3 Å². The maximum atomic E-state index is 11.4. The Morgan fingerprint density at radius 2 is 1.85 bits per heavy atom. The van der Waals surface area contributed by atoms with Gasteiger partial charge < -0.3 is 5.01 Å². The predicted octanol–water partition coefficient (Wildman–Crippen LogP) is 4.30. The highest BCUT2D eigenvalue weighted by atomic mass is 35.5. The molecule has 1 saturated heterocycles. The lowest BCUT2D eigenvalue weighted by atomic mass is 9.74. The summed E-state index contributed by atoms with van der Waals surface area (Å²) in [7, 11) is 0. The van der Waals surface area contributed by atoms with Crippen LogP contribution in [0.5, 0.6) is 0 Å². The van der Waals surface area contributed by atoms with E-state index in [4.69, 9.17) is 11.6 Å². The molecule has 0 N–H and O–H groups in total. The van der Waals surface area contributed by atoms with Crippen LogP contribution in [0.4, 0.5) is 0 Å². The highest BCUT2D eigenvalue weighted by molar-refractivity contribution is 6.31. The zero-order chi connectivity index (χ0) is 18.1. The predicted molar refractivity (Wildman–Crippen MR) is 103 cm³/mol. The Kier molecular flexibility index (Phi) is 4.18. The molecule has 1 fully saturated rings. The number of hydrogen-bond donors (Lipinski definition) is 0. The van der Waals surface area contributed by atoms with Gasteiger partial charge in [-0.3, -0.25) is 9.47 Å². The molecule has 0 radical (unpaired) electrons. The molecule has 2 aromatic carbocycles. The maximum absolute atomic E-state index is 11.4. The number of piperidine rings is 1. The van der Waals surface area contributed by atoms with Gasteiger partial charge in [0.05, 0.1) is 17.0 Å². The minimum absolute atomic E-state index is 0.453. The molecule has 3 aromatic rings. The van der Waals surface area contributed by atoms with E-state index in [0.717, 1.165) is 48.7 Å². The first-order valence-corrected chi connectivity index (χ1v) is 9.02. The third-order valence-corrected chi connectivity index (χ3v) is 5.58. The topological polar surface area (TPSA) is 49.0 Å². The van der Waals surface area contributed by atoms with Gasteiger partial charge in [0.25, 0.3) is 0 Å². The fourth-order valence-corrected chi connectivity index (χ4v) is 4.02. The smallest absolute Gasteiger partial charge is 0.152 e. The first-order chi connectivity index (χ1) is 12.7. The van der Waals surface area contributed by atoms with Crippen LogP contribution in [-0.2, 0) is 5.41 Å². The van der Waals surface area contributed by atoms with Crippen molar-refractivity contribution in [3.05, 3.63) is 70.9 Å². The lowest BCUT2D eigenvalue weighted by Gasteiger charge is -2.39. The van der Waals surface area contributed by atoms with Crippen LogP contribution < -0.4 is 5.01 Å². The zero-order valence-corrected chi connectivity index (χ0v) is 15.0. The van der Waals surface area contributed by atoms with Crippen LogP contribution in [0.15, 0.2) is 54.7 Å². The number of benzene rings is 2. The molecule has 1 aliphatic heterocycles. The van der Waals surface area contributed by atoms with Gasteiger partial charge in [-0.1, -0.05) is 48.0 Å². The van der Waals surface area contributed by atoms with Crippen LogP contribution in [0.25, 0.3) is 10.9 Å². The second-order valence-corrected chi connectivity index (χ2v) is 7.16. The molecule has 4 nitrogen and oxygen atoms in total. The number of halogens is 1. The molecule has 1 aliphatic rings. The molecule has 0 atom stereocenters. The summed E-state index contributed by atoms with van der Waals surface area (Å²) in [6, 6.07) is 18.1. The molecule has 0 spiro atoms. The average molecular weight is 364 g/mol. The largest absolute Gasteiger partial charge is 0.313 e. The minimum Gasteiger partial charge on any atom is -0.313 e. The van der Waals surface area contributed by atoms with Crippen molar-refractivity contribution in [3.8, 4) is 6.07 Å². The zero-order valence-electron chi connectivity index (χ0n) is 14.2. The summed E-state index contributed by atoms with van der Waals surface area (Å²) in [5, 5.41) is 13.6. The van der Waals surface area contributed by atoms with Gasteiger partial charge in [-0.2, -0.15) is 5.26 Å². The number of aromatic nitrogens is 1. The molecule has 0 aliphatic carbocycles. The fourth-order valence-electron chi connectivity index (χ4n) is 3.85. The lowest BCUT2D eigenvalue weighted by molar-refractivity contribution is 0.112. The van der Waals surface area contributed by atoms with E-state index in [1.807, 2.05) is 53.3 Å². The van der Waals surface area contributed by atoms with Crippen LogP contribution in [0.2, 0.25) is 5.02 Å². The molecule has 0 unspecified atom stereocenters. The number of nitrogens with zero attached hydrogens (tertiary/aromatic N) is 3. The molecule has 1 aromatic heterocycles. The number of fused-ring (bicyclic) bond motifs is 1. The first kappa shape index (κ1) is 16.7. The van der Waals surface area contributed by atoms with Gasteiger partial charge in [-0.15, -0.1) is 0 Å². The number of nitriles is 1. The standard InChI is InChI=1S/C21H18ClN3O/c22-18-6-7-19-16(14-26)13-25(20(19)12-18)24-10-8-21(15-23,9-11-24)17-4-2-1-3-5-17/h1-7,12-14H,8-11H2. The van der Waals surface area contributed by atoms with Crippen LogP contribution >= 0.6 is 11.6 Å². The summed E-state index contributed by atoms with van der Waals surface area (Å²) in [6.45, 7) is 1.47. The molecular weight excluding hydrogens is 346 g/mol. The SMILES string of the molecule is N#CC1(c2ccccc2)CCN(n2cc(C=O)c3ccc(Cl)cc32)CC1. The second kappa shape index (κ2) is 6.51. The van der Waals surface area contributed by atoms with E-state index in [9.17, 15) is 10.1 Å². The van der Waals surface area contributed by atoms with E-state index in [0.29, 0.717) is 10.6 Å². The van der Waals surface area contributed by atoms with Crippen molar-refractivity contribution in [2.24, 2.45) is 0 Å². The Balaban J connectivity index is 1.67. The second-order valence-electron chi connectivity index (χ2n) is 6.72. The quantitative estimate of drug-likeness (QED) is 0.652. The van der Waals surface area contributed by atoms with Crippen molar-refractivity contribution in [2.75, 3.05) is 18.1 Å². The Morgan fingerprint density at radius 3 is 2.50 bits per heavy atom. The van der Waals surface area contributed by atoms with Gasteiger partial charge in [0.1, 0.15) is 0 Å². The number of aldehydes is 1. The highest BCUT2D eigenvalue weighted by Crippen LogP contribution is 2.35. The average Bonchev–Trinajstić information content (AvgIpc) is 3.06. The number of hydrogen-bond acceptors (Lipinski definition) is 3. The lowest BCUT2D eigenvalue weighted by Crippen LogP contribution is -2.46. The molecule has 26 heavy (non-hydrogen) atoms. The summed E-state index contributed by atoms with van der Waals surface area (Å²) >= 11 is 6.17. The molecule has 4 rings (SSSR count). The third-order valence-electron chi connectivity index (χ3n) is 5.34. The highest BCUT2D eigenvalue weighted by Gasteiger charge is 2.36. The number of carbonyl (C=O) groups is 1. The van der Waals surface area contributed by atoms with Crippen molar-refractivity contribution in [3.63, 3.8) is 0 Å². The van der Waals surface area contributed by atoms with Crippen molar-refractivity contribution < 1.29 is 4.79 Å². The van der Waals surface area contributed by atoms with E-state index in [2.05, 4.69) is 11.1 Å². The van der Waals surface area contributed by atoms with E-state index >= 15 is 0 Å². The van der Waals surface area contributed by atoms with Gasteiger partial charge >= 0.3 is 0 Å². The Labute approximate surface area is 157 Å². The molecule has 2 heterocycles. The van der Waals surface area contributed by atoms with Gasteiger partial charge in [0.15, 0.2) is 6.29 Å². The molecule has 5 heteroatoms. The van der Waals surface area contributed by atoms with Gasteiger partial charge in [0.2, 0.25) is 0 Å². The monoisotopic (exact) mass is 363 g/mol. The van der Waals surface area contributed by atoms with Crippen molar-refractivity contribution in [1.29, 1.82) is 5.26 Å². The third kappa shape index (κ3) is 2.65. The van der Waals surface area contributed by atoms with Gasteiger partial charge in [-0.05, 0) is 30.5 Å². The molecule has 0 bridgehead atoms. The summed E-state index contributed by atoms with van der Waals surface area (Å²) in [4.78, 5) is 11.4. The van der Waals surface area contributed by atoms with Crippen molar-refractivity contribution in [1.82, 2.24) is 4.68 Å². The van der Waals surface area contributed by atoms with E-state index in [1.54, 1.807) is 6.07 Å². The summed E-state index contributed by atoms with van der Waals surface area (Å²) in [5.41, 5.74) is 2.20. The summed E-state index contributed by atoms with van der Waals surface area (Å²) in [6.07, 6.45) is 4.21. The molecular formula is C21H18ClN3O. The Morgan fingerprint density at radius 1 is 1.12 bits per heavy atom. The molecule has 0 saturated carbocycles. The normalized spacial score (nSPS) is 16.4. The van der Waals surface area contributed by atoms with E-state index < -0.39 is 5.41 Å². The van der Waals surface area contributed by atoms with Crippen LogP contribution in [0.3, 0.4) is 0 Å². The molecule has 0 amide bonds. The Hall–Kier alpha value is -2.77. The summed E-state index contributed by atoms with van der Waals surface area (Å²) in [5.74, 6) is 0. The van der Waals surface area contributed by atoms with Crippen molar-refractivity contribution >= 4 is 28.8 Å². The van der Waals surface area contributed by atoms with Crippen molar-refractivity contribution in [2.45, 2.75) is 18.3 Å². The summed E-state index contributed by atoms with van der Waals surface area (Å²) < 4.78 is 2.01. The van der Waals surface area contributed by atoms with Gasteiger partial charge in [0, 0.05) is 35.3 Å². The maximum Gasteiger partial charge on any atom is 0.152 e. The number of carbonyl (C=O) groups excluding carboxylic acids is 1. The van der Waals surface area contributed by atoms with Gasteiger partial charge in [-0.25, -0.2) is 0 Å². The van der Waals surface area contributed by atoms with Crippen LogP contribution in [0.1, 0.15) is 28.8 Å². The minimum atomic E-state index is -0.453. The Bertz CT molecular complexity index is 995.